The maximum atomic E-state index is 11.8. The predicted molar refractivity (Wildman–Crippen MR) is 90.1 cm³/mol. The number of hydrogen-bond acceptors (Lipinski definition) is 4. The zero-order chi connectivity index (χ0) is 16.9. The molecule has 1 atom stereocenters. The van der Waals surface area contributed by atoms with Crippen molar-refractivity contribution < 1.29 is 19.5 Å². The second-order valence-electron chi connectivity index (χ2n) is 5.25. The van der Waals surface area contributed by atoms with Crippen molar-refractivity contribution >= 4 is 36.0 Å². The maximum Gasteiger partial charge on any atom is 0.325 e. The number of aliphatic carboxylic acids is 1. The Balaban J connectivity index is 0.00000484. The number of imide groups is 1. The lowest BCUT2D eigenvalue weighted by molar-refractivity contribution is -0.142. The number of likely N-dealkylation sites (N-methyl/N-ethyl adjacent to an activating group) is 1. The largest absolute Gasteiger partial charge is 0.480 e. The summed E-state index contributed by atoms with van der Waals surface area (Å²) in [6.45, 7) is 5.08. The standard InChI is InChI=1S/C15H21N3O4.ClH/c1-9-5-6-12(10(2)7-9)16-15(22)17-13(19)8-18(4)11(3)14(20)21;/h5-7,11H,8H2,1-4H3,(H,20,21)(H2,16,17,19,22);1H. The van der Waals surface area contributed by atoms with E-state index in [9.17, 15) is 14.4 Å². The number of carbonyl (C=O) groups excluding carboxylic acids is 2. The normalized spacial score (nSPS) is 11.3. The van der Waals surface area contributed by atoms with E-state index in [1.807, 2.05) is 26.0 Å². The number of nitrogens with zero attached hydrogens (tertiary/aromatic N) is 1. The van der Waals surface area contributed by atoms with Gasteiger partial charge in [0, 0.05) is 5.69 Å². The fourth-order valence-electron chi connectivity index (χ4n) is 1.83. The Morgan fingerprint density at radius 2 is 1.87 bits per heavy atom. The van der Waals surface area contributed by atoms with Crippen LogP contribution >= 0.6 is 12.4 Å². The van der Waals surface area contributed by atoms with Crippen LogP contribution in [0, 0.1) is 13.8 Å². The zero-order valence-corrected chi connectivity index (χ0v) is 14.4. The van der Waals surface area contributed by atoms with E-state index >= 15 is 0 Å². The van der Waals surface area contributed by atoms with Crippen LogP contribution in [-0.2, 0) is 9.59 Å². The van der Waals surface area contributed by atoms with Crippen molar-refractivity contribution in [1.82, 2.24) is 10.2 Å². The Labute approximate surface area is 141 Å². The number of rotatable bonds is 5. The van der Waals surface area contributed by atoms with Gasteiger partial charge in [-0.25, -0.2) is 4.79 Å². The molecule has 0 spiro atoms. The molecule has 0 aliphatic carbocycles. The molecule has 0 aliphatic rings. The number of aryl methyl sites for hydroxylation is 2. The summed E-state index contributed by atoms with van der Waals surface area (Å²) in [4.78, 5) is 35.6. The van der Waals surface area contributed by atoms with Crippen molar-refractivity contribution in [3.63, 3.8) is 0 Å². The Kier molecular flexibility index (Phi) is 8.28. The highest BCUT2D eigenvalue weighted by Gasteiger charge is 2.20. The average molecular weight is 344 g/mol. The lowest BCUT2D eigenvalue weighted by Crippen LogP contribution is -2.45. The smallest absolute Gasteiger partial charge is 0.325 e. The van der Waals surface area contributed by atoms with Gasteiger partial charge in [-0.05, 0) is 39.4 Å². The summed E-state index contributed by atoms with van der Waals surface area (Å²) in [5, 5.41) is 13.6. The van der Waals surface area contributed by atoms with Gasteiger partial charge in [-0.2, -0.15) is 0 Å². The number of halogens is 1. The van der Waals surface area contributed by atoms with Crippen LogP contribution in [0.5, 0.6) is 0 Å². The molecule has 128 valence electrons. The molecule has 0 aromatic heterocycles. The number of carboxylic acid groups (broad SMARTS) is 1. The van der Waals surface area contributed by atoms with Crippen molar-refractivity contribution in [2.24, 2.45) is 0 Å². The number of nitrogens with one attached hydrogen (secondary N) is 2. The molecule has 23 heavy (non-hydrogen) atoms. The van der Waals surface area contributed by atoms with E-state index in [0.29, 0.717) is 5.69 Å². The summed E-state index contributed by atoms with van der Waals surface area (Å²) in [7, 11) is 1.50. The van der Waals surface area contributed by atoms with E-state index < -0.39 is 23.9 Å². The van der Waals surface area contributed by atoms with E-state index in [1.54, 1.807) is 6.07 Å². The molecule has 0 saturated heterocycles. The van der Waals surface area contributed by atoms with Gasteiger partial charge in [-0.15, -0.1) is 12.4 Å². The molecule has 0 bridgehead atoms. The van der Waals surface area contributed by atoms with Gasteiger partial charge < -0.3 is 10.4 Å². The third-order valence-electron chi connectivity index (χ3n) is 3.29. The minimum absolute atomic E-state index is 0. The van der Waals surface area contributed by atoms with Crippen LogP contribution in [0.25, 0.3) is 0 Å². The van der Waals surface area contributed by atoms with Crippen molar-refractivity contribution in [2.45, 2.75) is 26.8 Å². The van der Waals surface area contributed by atoms with Crippen LogP contribution in [0.15, 0.2) is 18.2 Å². The number of urea groups is 1. The van der Waals surface area contributed by atoms with Crippen LogP contribution < -0.4 is 10.6 Å². The molecule has 0 heterocycles. The third-order valence-corrected chi connectivity index (χ3v) is 3.29. The molecule has 0 radical (unpaired) electrons. The summed E-state index contributed by atoms with van der Waals surface area (Å²) >= 11 is 0. The molecule has 8 heteroatoms. The number of carbonyl (C=O) groups is 3. The van der Waals surface area contributed by atoms with Gasteiger partial charge in [-0.3, -0.25) is 19.8 Å². The molecule has 1 aromatic rings. The fourth-order valence-corrected chi connectivity index (χ4v) is 1.83. The molecule has 3 amide bonds. The summed E-state index contributed by atoms with van der Waals surface area (Å²) in [5.74, 6) is -1.60. The van der Waals surface area contributed by atoms with Gasteiger partial charge in [0.1, 0.15) is 6.04 Å². The second-order valence-corrected chi connectivity index (χ2v) is 5.25. The monoisotopic (exact) mass is 343 g/mol. The summed E-state index contributed by atoms with van der Waals surface area (Å²) < 4.78 is 0. The van der Waals surface area contributed by atoms with E-state index in [-0.39, 0.29) is 19.0 Å². The first-order valence-corrected chi connectivity index (χ1v) is 6.82. The van der Waals surface area contributed by atoms with Crippen molar-refractivity contribution in [3.05, 3.63) is 29.3 Å². The fraction of sp³-hybridized carbons (Fsp3) is 0.400. The van der Waals surface area contributed by atoms with Gasteiger partial charge in [0.15, 0.2) is 0 Å². The number of anilines is 1. The molecular weight excluding hydrogens is 322 g/mol. The molecule has 1 aromatic carbocycles. The Morgan fingerprint density at radius 1 is 1.26 bits per heavy atom. The molecule has 1 unspecified atom stereocenters. The lowest BCUT2D eigenvalue weighted by Gasteiger charge is -2.20. The highest BCUT2D eigenvalue weighted by molar-refractivity contribution is 6.02. The molecule has 3 N–H and O–H groups in total. The number of benzene rings is 1. The molecule has 0 saturated carbocycles. The van der Waals surface area contributed by atoms with Crippen LogP contribution in [0.2, 0.25) is 0 Å². The molecule has 0 fully saturated rings. The van der Waals surface area contributed by atoms with E-state index in [2.05, 4.69) is 10.6 Å². The molecule has 0 aliphatic heterocycles. The summed E-state index contributed by atoms with van der Waals surface area (Å²) in [6, 6.07) is 4.07. The van der Waals surface area contributed by atoms with Crippen LogP contribution in [0.3, 0.4) is 0 Å². The minimum Gasteiger partial charge on any atom is -0.480 e. The number of amides is 3. The third kappa shape index (κ3) is 6.66. The van der Waals surface area contributed by atoms with Gasteiger partial charge in [0.25, 0.3) is 0 Å². The highest BCUT2D eigenvalue weighted by Crippen LogP contribution is 2.15. The molecular formula is C15H22ClN3O4. The van der Waals surface area contributed by atoms with Crippen LogP contribution in [-0.4, -0.2) is 47.5 Å². The topological polar surface area (TPSA) is 98.7 Å². The first-order valence-electron chi connectivity index (χ1n) is 6.82. The maximum absolute atomic E-state index is 11.8. The van der Waals surface area contributed by atoms with Gasteiger partial charge in [-0.1, -0.05) is 17.7 Å². The van der Waals surface area contributed by atoms with Crippen molar-refractivity contribution in [2.75, 3.05) is 18.9 Å². The van der Waals surface area contributed by atoms with Crippen molar-refractivity contribution in [3.8, 4) is 0 Å². The van der Waals surface area contributed by atoms with E-state index in [1.165, 1.54) is 18.9 Å². The van der Waals surface area contributed by atoms with E-state index in [4.69, 9.17) is 5.11 Å². The highest BCUT2D eigenvalue weighted by atomic mass is 35.5. The van der Waals surface area contributed by atoms with Crippen LogP contribution in [0.1, 0.15) is 18.1 Å². The zero-order valence-electron chi connectivity index (χ0n) is 13.5. The van der Waals surface area contributed by atoms with Crippen LogP contribution in [0.4, 0.5) is 10.5 Å². The summed E-state index contributed by atoms with van der Waals surface area (Å²) in [5.41, 5.74) is 2.58. The minimum atomic E-state index is -1.03. The number of hydrogen-bond donors (Lipinski definition) is 3. The first kappa shape index (κ1) is 20.9. The molecule has 1 rings (SSSR count). The van der Waals surface area contributed by atoms with Gasteiger partial charge in [0.2, 0.25) is 5.91 Å². The van der Waals surface area contributed by atoms with Crippen molar-refractivity contribution in [1.29, 1.82) is 0 Å². The van der Waals surface area contributed by atoms with Gasteiger partial charge in [0.05, 0.1) is 6.54 Å². The van der Waals surface area contributed by atoms with Gasteiger partial charge >= 0.3 is 12.0 Å². The Hall–Kier alpha value is -2.12. The SMILES string of the molecule is Cc1ccc(NC(=O)NC(=O)CN(C)C(C)C(=O)O)c(C)c1.Cl. The number of carboxylic acids is 1. The first-order chi connectivity index (χ1) is 10.2. The predicted octanol–water partition coefficient (Wildman–Crippen LogP) is 1.78. The quantitative estimate of drug-likeness (QED) is 0.757. The second kappa shape index (κ2) is 9.12. The Bertz CT molecular complexity index is 592. The molecule has 7 nitrogen and oxygen atoms in total. The lowest BCUT2D eigenvalue weighted by atomic mass is 10.1. The van der Waals surface area contributed by atoms with E-state index in [0.717, 1.165) is 11.1 Å². The summed E-state index contributed by atoms with van der Waals surface area (Å²) in [6.07, 6.45) is 0. The average Bonchev–Trinajstić information content (AvgIpc) is 2.40. The Morgan fingerprint density at radius 3 is 2.39 bits per heavy atom.